The zero-order chi connectivity index (χ0) is 16.5. The molecule has 0 saturated carbocycles. The van der Waals surface area contributed by atoms with Gasteiger partial charge in [-0.25, -0.2) is 0 Å². The molecule has 0 heterocycles. The van der Waals surface area contributed by atoms with Gasteiger partial charge in [0.15, 0.2) is 0 Å². The van der Waals surface area contributed by atoms with Crippen LogP contribution in [-0.4, -0.2) is 20.2 Å². The fourth-order valence-electron chi connectivity index (χ4n) is 2.71. The van der Waals surface area contributed by atoms with Gasteiger partial charge in [-0.05, 0) is 36.2 Å². The van der Waals surface area contributed by atoms with E-state index in [1.165, 1.54) is 18.4 Å². The molecule has 0 amide bonds. The molecule has 0 aromatic heterocycles. The van der Waals surface area contributed by atoms with Gasteiger partial charge in [0.1, 0.15) is 5.75 Å². The minimum Gasteiger partial charge on any atom is -0.494 e. The van der Waals surface area contributed by atoms with Gasteiger partial charge < -0.3 is 15.4 Å². The monoisotopic (exact) mass is 312 g/mol. The van der Waals surface area contributed by atoms with Crippen LogP contribution in [0.15, 0.2) is 54.6 Å². The van der Waals surface area contributed by atoms with Crippen molar-refractivity contribution in [2.75, 3.05) is 25.1 Å². The summed E-state index contributed by atoms with van der Waals surface area (Å²) in [7, 11) is 2.08. The predicted octanol–water partition coefficient (Wildman–Crippen LogP) is 4.39. The summed E-state index contributed by atoms with van der Waals surface area (Å²) in [5.41, 5.74) is 8.40. The number of para-hydroxylation sites is 1. The number of rotatable bonds is 9. The molecule has 0 aliphatic heterocycles. The van der Waals surface area contributed by atoms with Crippen LogP contribution >= 0.6 is 0 Å². The first-order valence-electron chi connectivity index (χ1n) is 8.47. The first-order chi connectivity index (χ1) is 11.3. The molecule has 23 heavy (non-hydrogen) atoms. The summed E-state index contributed by atoms with van der Waals surface area (Å²) in [5.74, 6) is 0.929. The summed E-state index contributed by atoms with van der Waals surface area (Å²) in [6.45, 7) is 3.54. The van der Waals surface area contributed by atoms with Gasteiger partial charge >= 0.3 is 0 Å². The third kappa shape index (κ3) is 5.00. The molecule has 3 nitrogen and oxygen atoms in total. The van der Waals surface area contributed by atoms with E-state index in [9.17, 15) is 0 Å². The first-order valence-corrected chi connectivity index (χ1v) is 8.47. The number of anilines is 1. The topological polar surface area (TPSA) is 38.5 Å². The Labute approximate surface area is 140 Å². The largest absolute Gasteiger partial charge is 0.494 e. The van der Waals surface area contributed by atoms with Gasteiger partial charge in [0.2, 0.25) is 0 Å². The molecule has 1 atom stereocenters. The van der Waals surface area contributed by atoms with Gasteiger partial charge in [-0.3, -0.25) is 0 Å². The van der Waals surface area contributed by atoms with Gasteiger partial charge in [-0.2, -0.15) is 0 Å². The summed E-state index contributed by atoms with van der Waals surface area (Å²) in [4.78, 5) is 2.22. The van der Waals surface area contributed by atoms with E-state index in [0.29, 0.717) is 6.54 Å². The van der Waals surface area contributed by atoms with E-state index in [0.717, 1.165) is 24.5 Å². The van der Waals surface area contributed by atoms with Crippen molar-refractivity contribution < 1.29 is 4.74 Å². The SMILES string of the molecule is CCCCCOc1cccc(C(CN)N(C)c2ccccc2)c1. The van der Waals surface area contributed by atoms with Gasteiger partial charge in [0.05, 0.1) is 12.6 Å². The Kier molecular flexibility index (Phi) is 6.95. The van der Waals surface area contributed by atoms with E-state index in [1.54, 1.807) is 0 Å². The van der Waals surface area contributed by atoms with Crippen LogP contribution in [0.5, 0.6) is 5.75 Å². The maximum Gasteiger partial charge on any atom is 0.119 e. The summed E-state index contributed by atoms with van der Waals surface area (Å²) in [6, 6.07) is 18.8. The van der Waals surface area contributed by atoms with E-state index in [1.807, 2.05) is 30.3 Å². The van der Waals surface area contributed by atoms with Crippen LogP contribution in [0.2, 0.25) is 0 Å². The average molecular weight is 312 g/mol. The highest BCUT2D eigenvalue weighted by Gasteiger charge is 2.16. The summed E-state index contributed by atoms with van der Waals surface area (Å²) >= 11 is 0. The molecule has 2 N–H and O–H groups in total. The minimum absolute atomic E-state index is 0.136. The Morgan fingerprint density at radius 2 is 1.83 bits per heavy atom. The molecule has 0 radical (unpaired) electrons. The minimum atomic E-state index is 0.136. The molecule has 1 unspecified atom stereocenters. The zero-order valence-corrected chi connectivity index (χ0v) is 14.2. The van der Waals surface area contributed by atoms with Crippen molar-refractivity contribution in [1.29, 1.82) is 0 Å². The number of hydrogen-bond acceptors (Lipinski definition) is 3. The fraction of sp³-hybridized carbons (Fsp3) is 0.400. The Hall–Kier alpha value is -2.00. The number of nitrogens with two attached hydrogens (primary N) is 1. The molecule has 0 spiro atoms. The van der Waals surface area contributed by atoms with E-state index in [-0.39, 0.29) is 6.04 Å². The lowest BCUT2D eigenvalue weighted by molar-refractivity contribution is 0.306. The maximum atomic E-state index is 6.05. The first kappa shape index (κ1) is 17.4. The average Bonchev–Trinajstić information content (AvgIpc) is 2.60. The Morgan fingerprint density at radius 1 is 1.04 bits per heavy atom. The van der Waals surface area contributed by atoms with E-state index in [4.69, 9.17) is 10.5 Å². The van der Waals surface area contributed by atoms with Crippen LogP contribution < -0.4 is 15.4 Å². The second kappa shape index (κ2) is 9.21. The van der Waals surface area contributed by atoms with Crippen LogP contribution in [0, 0.1) is 0 Å². The van der Waals surface area contributed by atoms with Crippen molar-refractivity contribution in [3.05, 3.63) is 60.2 Å². The third-order valence-electron chi connectivity index (χ3n) is 4.11. The van der Waals surface area contributed by atoms with Crippen molar-refractivity contribution in [3.8, 4) is 5.75 Å². The van der Waals surface area contributed by atoms with E-state index >= 15 is 0 Å². The van der Waals surface area contributed by atoms with Gasteiger partial charge in [-0.1, -0.05) is 50.1 Å². The van der Waals surface area contributed by atoms with Gasteiger partial charge in [-0.15, -0.1) is 0 Å². The maximum absolute atomic E-state index is 6.05. The second-order valence-corrected chi connectivity index (χ2v) is 5.83. The molecule has 2 aromatic rings. The molecule has 3 heteroatoms. The molecule has 0 aliphatic rings. The molecule has 0 saturated heterocycles. The number of nitrogens with zero attached hydrogens (tertiary/aromatic N) is 1. The highest BCUT2D eigenvalue weighted by molar-refractivity contribution is 5.48. The normalized spacial score (nSPS) is 12.0. The van der Waals surface area contributed by atoms with E-state index in [2.05, 4.69) is 43.1 Å². The van der Waals surface area contributed by atoms with Crippen LogP contribution in [-0.2, 0) is 0 Å². The standard InChI is InChI=1S/C20H28N2O/c1-3-4-8-14-23-19-13-9-10-17(15-19)20(16-21)22(2)18-11-6-5-7-12-18/h5-7,9-13,15,20H,3-4,8,14,16,21H2,1-2H3. The Balaban J connectivity index is 2.08. The highest BCUT2D eigenvalue weighted by atomic mass is 16.5. The third-order valence-corrected chi connectivity index (χ3v) is 4.11. The molecule has 0 bridgehead atoms. The van der Waals surface area contributed by atoms with Crippen LogP contribution in [0.25, 0.3) is 0 Å². The summed E-state index contributed by atoms with van der Waals surface area (Å²) < 4.78 is 5.87. The number of likely N-dealkylation sites (N-methyl/N-ethyl adjacent to an activating group) is 1. The van der Waals surface area contributed by atoms with Gasteiger partial charge in [0.25, 0.3) is 0 Å². The van der Waals surface area contributed by atoms with Crippen molar-refractivity contribution >= 4 is 5.69 Å². The lowest BCUT2D eigenvalue weighted by Crippen LogP contribution is -2.30. The van der Waals surface area contributed by atoms with Crippen molar-refractivity contribution in [1.82, 2.24) is 0 Å². The highest BCUT2D eigenvalue weighted by Crippen LogP contribution is 2.27. The number of ether oxygens (including phenoxy) is 1. The second-order valence-electron chi connectivity index (χ2n) is 5.83. The lowest BCUT2D eigenvalue weighted by atomic mass is 10.0. The van der Waals surface area contributed by atoms with Crippen LogP contribution in [0.4, 0.5) is 5.69 Å². The molecule has 0 fully saturated rings. The number of benzene rings is 2. The summed E-state index contributed by atoms with van der Waals surface area (Å²) in [5, 5.41) is 0. The molecule has 0 aliphatic carbocycles. The molecular formula is C20H28N2O. The van der Waals surface area contributed by atoms with Crippen LogP contribution in [0.1, 0.15) is 37.8 Å². The quantitative estimate of drug-likeness (QED) is 0.698. The molecule has 2 aromatic carbocycles. The summed E-state index contributed by atoms with van der Waals surface area (Å²) in [6.07, 6.45) is 3.52. The van der Waals surface area contributed by atoms with Crippen molar-refractivity contribution in [3.63, 3.8) is 0 Å². The number of hydrogen-bond donors (Lipinski definition) is 1. The van der Waals surface area contributed by atoms with Gasteiger partial charge in [0, 0.05) is 19.3 Å². The molecule has 2 rings (SSSR count). The van der Waals surface area contributed by atoms with Crippen molar-refractivity contribution in [2.45, 2.75) is 32.2 Å². The zero-order valence-electron chi connectivity index (χ0n) is 14.2. The fourth-order valence-corrected chi connectivity index (χ4v) is 2.71. The predicted molar refractivity (Wildman–Crippen MR) is 98.1 cm³/mol. The Morgan fingerprint density at radius 3 is 2.52 bits per heavy atom. The van der Waals surface area contributed by atoms with Crippen LogP contribution in [0.3, 0.4) is 0 Å². The van der Waals surface area contributed by atoms with Crippen molar-refractivity contribution in [2.24, 2.45) is 5.73 Å². The number of unbranched alkanes of at least 4 members (excludes halogenated alkanes) is 2. The molecular weight excluding hydrogens is 284 g/mol. The Bertz CT molecular complexity index is 571. The smallest absolute Gasteiger partial charge is 0.119 e. The molecule has 124 valence electrons. The lowest BCUT2D eigenvalue weighted by Gasteiger charge is -2.29. The van der Waals surface area contributed by atoms with E-state index < -0.39 is 0 Å².